The number of ketones is 2. The average Bonchev–Trinajstić information content (AvgIpc) is 2.94. The zero-order chi connectivity index (χ0) is 18.7. The van der Waals surface area contributed by atoms with E-state index in [1.165, 1.54) is 12.1 Å². The molecule has 0 radical (unpaired) electrons. The molecule has 0 spiro atoms. The van der Waals surface area contributed by atoms with Gasteiger partial charge in [-0.15, -0.1) is 0 Å². The molecule has 1 N–H and O–H groups in total. The van der Waals surface area contributed by atoms with Crippen molar-refractivity contribution in [1.82, 2.24) is 4.72 Å². The smallest absolute Gasteiger partial charge is 0.264 e. The van der Waals surface area contributed by atoms with E-state index in [0.29, 0.717) is 12.8 Å². The Morgan fingerprint density at radius 3 is 2.36 bits per heavy atom. The van der Waals surface area contributed by atoms with Gasteiger partial charge < -0.3 is 0 Å². The van der Waals surface area contributed by atoms with Gasteiger partial charge in [-0.2, -0.15) is 0 Å². The first-order valence-corrected chi connectivity index (χ1v) is 9.88. The summed E-state index contributed by atoms with van der Waals surface area (Å²) >= 11 is 0. The fourth-order valence-corrected chi connectivity index (χ4v) is 4.12. The Hall–Kier alpha value is -2.02. The summed E-state index contributed by atoms with van der Waals surface area (Å²) in [5.41, 5.74) is -0.520. The van der Waals surface area contributed by atoms with E-state index in [0.717, 1.165) is 5.56 Å². The minimum atomic E-state index is -4.06. The van der Waals surface area contributed by atoms with Crippen molar-refractivity contribution in [3.63, 3.8) is 0 Å². The van der Waals surface area contributed by atoms with Gasteiger partial charge in [0.1, 0.15) is 17.0 Å². The molecule has 6 nitrogen and oxygen atoms in total. The summed E-state index contributed by atoms with van der Waals surface area (Å²) in [6, 6.07) is 6.09. The van der Waals surface area contributed by atoms with E-state index < -0.39 is 21.3 Å². The van der Waals surface area contributed by atoms with Crippen molar-refractivity contribution in [3.05, 3.63) is 29.8 Å². The summed E-state index contributed by atoms with van der Waals surface area (Å²) in [4.78, 5) is 36.6. The van der Waals surface area contributed by atoms with Crippen LogP contribution in [0, 0.1) is 12.3 Å². The molecule has 1 saturated carbocycles. The number of sulfonamides is 1. The molecule has 0 aromatic heterocycles. The molecule has 136 valence electrons. The SMILES string of the molecule is CCC(=O)CC[C@@]1(C(=O)NS(=O)(=O)c2ccc(C)cc2)CCCC1=O. The van der Waals surface area contributed by atoms with E-state index in [9.17, 15) is 22.8 Å². The van der Waals surface area contributed by atoms with Crippen LogP contribution in [0.25, 0.3) is 0 Å². The van der Waals surface area contributed by atoms with Crippen LogP contribution >= 0.6 is 0 Å². The van der Waals surface area contributed by atoms with Gasteiger partial charge >= 0.3 is 0 Å². The van der Waals surface area contributed by atoms with Crippen LogP contribution in [0.2, 0.25) is 0 Å². The molecule has 0 saturated heterocycles. The Kier molecular flexibility index (Phi) is 5.77. The molecule has 1 aromatic rings. The van der Waals surface area contributed by atoms with Gasteiger partial charge in [0, 0.05) is 19.3 Å². The van der Waals surface area contributed by atoms with E-state index in [1.807, 2.05) is 11.6 Å². The Morgan fingerprint density at radius 1 is 1.20 bits per heavy atom. The van der Waals surface area contributed by atoms with E-state index in [-0.39, 0.29) is 42.1 Å². The predicted octanol–water partition coefficient (Wildman–Crippen LogP) is 2.30. The fourth-order valence-electron chi connectivity index (χ4n) is 3.07. The van der Waals surface area contributed by atoms with Crippen LogP contribution in [0.15, 0.2) is 29.2 Å². The third-order valence-corrected chi connectivity index (χ3v) is 6.11. The monoisotopic (exact) mass is 365 g/mol. The van der Waals surface area contributed by atoms with Crippen LogP contribution in [0.4, 0.5) is 0 Å². The van der Waals surface area contributed by atoms with Crippen LogP contribution in [-0.2, 0) is 24.4 Å². The Morgan fingerprint density at radius 2 is 1.84 bits per heavy atom. The second kappa shape index (κ2) is 7.47. The quantitative estimate of drug-likeness (QED) is 0.748. The number of aryl methyl sites for hydroxylation is 1. The van der Waals surface area contributed by atoms with E-state index in [4.69, 9.17) is 0 Å². The molecule has 1 atom stereocenters. The summed E-state index contributed by atoms with van der Waals surface area (Å²) in [6.07, 6.45) is 1.52. The molecule has 1 aliphatic carbocycles. The highest BCUT2D eigenvalue weighted by atomic mass is 32.2. The number of carbonyl (C=O) groups is 3. The first kappa shape index (κ1) is 19.3. The van der Waals surface area contributed by atoms with Crippen molar-refractivity contribution in [2.24, 2.45) is 5.41 Å². The lowest BCUT2D eigenvalue weighted by Gasteiger charge is -2.25. The van der Waals surface area contributed by atoms with Gasteiger partial charge in [0.15, 0.2) is 0 Å². The van der Waals surface area contributed by atoms with Gasteiger partial charge in [-0.05, 0) is 38.3 Å². The first-order valence-electron chi connectivity index (χ1n) is 8.40. The lowest BCUT2D eigenvalue weighted by molar-refractivity contribution is -0.139. The van der Waals surface area contributed by atoms with Crippen molar-refractivity contribution < 1.29 is 22.8 Å². The molecule has 7 heteroatoms. The van der Waals surface area contributed by atoms with Crippen LogP contribution in [-0.4, -0.2) is 25.9 Å². The highest BCUT2D eigenvalue weighted by Gasteiger charge is 2.49. The number of rotatable bonds is 7. The van der Waals surface area contributed by atoms with Crippen molar-refractivity contribution in [2.45, 2.75) is 57.3 Å². The minimum Gasteiger partial charge on any atom is -0.300 e. The van der Waals surface area contributed by atoms with Gasteiger partial charge in [-0.3, -0.25) is 14.4 Å². The van der Waals surface area contributed by atoms with Crippen LogP contribution in [0.1, 0.15) is 51.0 Å². The van der Waals surface area contributed by atoms with Crippen molar-refractivity contribution in [2.75, 3.05) is 0 Å². The van der Waals surface area contributed by atoms with Crippen LogP contribution in [0.3, 0.4) is 0 Å². The topological polar surface area (TPSA) is 97.4 Å². The fraction of sp³-hybridized carbons (Fsp3) is 0.500. The van der Waals surface area contributed by atoms with Gasteiger partial charge in [-0.1, -0.05) is 24.6 Å². The number of hydrogen-bond acceptors (Lipinski definition) is 5. The predicted molar refractivity (Wildman–Crippen MR) is 92.3 cm³/mol. The Labute approximate surface area is 148 Å². The highest BCUT2D eigenvalue weighted by molar-refractivity contribution is 7.90. The lowest BCUT2D eigenvalue weighted by atomic mass is 9.79. The number of Topliss-reactive ketones (excluding diaryl/α,β-unsaturated/α-hetero) is 2. The molecule has 2 rings (SSSR count). The third-order valence-electron chi connectivity index (χ3n) is 4.76. The van der Waals surface area contributed by atoms with Crippen LogP contribution < -0.4 is 4.72 Å². The molecule has 0 bridgehead atoms. The summed E-state index contributed by atoms with van der Waals surface area (Å²) in [7, 11) is -4.06. The minimum absolute atomic E-state index is 0.0309. The number of amides is 1. The van der Waals surface area contributed by atoms with E-state index >= 15 is 0 Å². The molecule has 25 heavy (non-hydrogen) atoms. The van der Waals surface area contributed by atoms with Crippen molar-refractivity contribution in [1.29, 1.82) is 0 Å². The first-order chi connectivity index (χ1) is 11.7. The molecule has 0 heterocycles. The lowest BCUT2D eigenvalue weighted by Crippen LogP contribution is -2.46. The van der Waals surface area contributed by atoms with E-state index in [2.05, 4.69) is 0 Å². The van der Waals surface area contributed by atoms with Gasteiger partial charge in [-0.25, -0.2) is 13.1 Å². The van der Waals surface area contributed by atoms with Crippen molar-refractivity contribution >= 4 is 27.5 Å². The molecule has 1 aromatic carbocycles. The third kappa shape index (κ3) is 4.15. The molecule has 1 amide bonds. The molecular weight excluding hydrogens is 342 g/mol. The van der Waals surface area contributed by atoms with Crippen molar-refractivity contribution in [3.8, 4) is 0 Å². The molecule has 0 aliphatic heterocycles. The summed E-state index contributed by atoms with van der Waals surface area (Å²) in [5, 5.41) is 0. The zero-order valence-electron chi connectivity index (χ0n) is 14.5. The Balaban J connectivity index is 2.23. The highest BCUT2D eigenvalue weighted by Crippen LogP contribution is 2.40. The van der Waals surface area contributed by atoms with Crippen LogP contribution in [0.5, 0.6) is 0 Å². The number of nitrogens with one attached hydrogen (secondary N) is 1. The normalized spacial score (nSPS) is 20.5. The maximum Gasteiger partial charge on any atom is 0.264 e. The standard InChI is InChI=1S/C18H23NO5S/c1-3-14(20)10-12-18(11-4-5-16(18)21)17(22)19-25(23,24)15-8-6-13(2)7-9-15/h6-9H,3-5,10-12H2,1-2H3,(H,19,22)/t18-/m0/s1. The second-order valence-corrected chi connectivity index (χ2v) is 8.18. The number of hydrogen-bond donors (Lipinski definition) is 1. The number of benzene rings is 1. The maximum absolute atomic E-state index is 12.7. The second-order valence-electron chi connectivity index (χ2n) is 6.50. The maximum atomic E-state index is 12.7. The zero-order valence-corrected chi connectivity index (χ0v) is 15.3. The largest absolute Gasteiger partial charge is 0.300 e. The number of carbonyl (C=O) groups excluding carboxylic acids is 3. The van der Waals surface area contributed by atoms with Gasteiger partial charge in [0.2, 0.25) is 5.91 Å². The van der Waals surface area contributed by atoms with Gasteiger partial charge in [0.25, 0.3) is 10.0 Å². The Bertz CT molecular complexity index is 782. The molecular formula is C18H23NO5S. The average molecular weight is 365 g/mol. The molecule has 1 fully saturated rings. The van der Waals surface area contributed by atoms with Gasteiger partial charge in [0.05, 0.1) is 4.90 Å². The van der Waals surface area contributed by atoms with E-state index in [1.54, 1.807) is 19.1 Å². The molecule has 1 aliphatic rings. The summed E-state index contributed by atoms with van der Waals surface area (Å²) in [6.45, 7) is 3.54. The summed E-state index contributed by atoms with van der Waals surface area (Å²) < 4.78 is 26.9. The summed E-state index contributed by atoms with van der Waals surface area (Å²) in [5.74, 6) is -1.15. The molecule has 0 unspecified atom stereocenters.